The molecule has 2 heterocycles. The molecule has 0 aromatic heterocycles. The Morgan fingerprint density at radius 1 is 1.30 bits per heavy atom. The molecule has 1 amide bonds. The number of halogens is 3. The first kappa shape index (κ1) is 18.1. The van der Waals surface area contributed by atoms with E-state index in [0.29, 0.717) is 13.1 Å². The van der Waals surface area contributed by atoms with Crippen LogP contribution in [0.4, 0.5) is 8.78 Å². The van der Waals surface area contributed by atoms with Crippen molar-refractivity contribution in [3.63, 3.8) is 0 Å². The van der Waals surface area contributed by atoms with Gasteiger partial charge in [0.1, 0.15) is 0 Å². The third-order valence-electron chi connectivity index (χ3n) is 4.89. The molecule has 0 spiro atoms. The fraction of sp³-hybridized carbons (Fsp3) is 0.588. The second-order valence-electron chi connectivity index (χ2n) is 6.78. The molecule has 0 bridgehead atoms. The molecular formula is C17H23ClF2N2O. The number of alkyl halides is 2. The highest BCUT2D eigenvalue weighted by atomic mass is 35.5. The highest BCUT2D eigenvalue weighted by molar-refractivity contribution is 5.85. The van der Waals surface area contributed by atoms with E-state index in [2.05, 4.69) is 24.4 Å². The van der Waals surface area contributed by atoms with Crippen molar-refractivity contribution >= 4 is 18.3 Å². The standard InChI is InChI=1S/C17H22F2N2O.ClH/c1-16(13-6-3-2-4-7-13)8-5-9-21(12-16)15(22)14-10-17(18,19)11-20-14;/h2-4,6-7,14,20H,5,8-12H2,1H3;1H. The van der Waals surface area contributed by atoms with Gasteiger partial charge in [-0.05, 0) is 18.4 Å². The lowest BCUT2D eigenvalue weighted by Crippen LogP contribution is -2.52. The van der Waals surface area contributed by atoms with Crippen LogP contribution in [0.25, 0.3) is 0 Å². The number of carbonyl (C=O) groups is 1. The van der Waals surface area contributed by atoms with Crippen LogP contribution in [0, 0.1) is 0 Å². The van der Waals surface area contributed by atoms with E-state index in [1.165, 1.54) is 5.56 Å². The number of benzene rings is 1. The Morgan fingerprint density at radius 3 is 2.61 bits per heavy atom. The van der Waals surface area contributed by atoms with Crippen molar-refractivity contribution in [3.05, 3.63) is 35.9 Å². The molecule has 23 heavy (non-hydrogen) atoms. The maximum absolute atomic E-state index is 13.3. The zero-order chi connectivity index (χ0) is 15.8. The van der Waals surface area contributed by atoms with Crippen LogP contribution in [0.5, 0.6) is 0 Å². The number of amides is 1. The summed E-state index contributed by atoms with van der Waals surface area (Å²) in [6, 6.07) is 9.39. The van der Waals surface area contributed by atoms with Gasteiger partial charge in [-0.1, -0.05) is 37.3 Å². The van der Waals surface area contributed by atoms with Gasteiger partial charge in [0.15, 0.2) is 0 Å². The fourth-order valence-corrected chi connectivity index (χ4v) is 3.61. The van der Waals surface area contributed by atoms with Crippen LogP contribution in [0.3, 0.4) is 0 Å². The summed E-state index contributed by atoms with van der Waals surface area (Å²) < 4.78 is 26.6. The van der Waals surface area contributed by atoms with E-state index < -0.39 is 18.5 Å². The number of carbonyl (C=O) groups excluding carboxylic acids is 1. The Kier molecular flexibility index (Phi) is 5.31. The van der Waals surface area contributed by atoms with Crippen LogP contribution in [-0.2, 0) is 10.2 Å². The van der Waals surface area contributed by atoms with Crippen LogP contribution in [0.15, 0.2) is 30.3 Å². The molecule has 6 heteroatoms. The monoisotopic (exact) mass is 344 g/mol. The van der Waals surface area contributed by atoms with Crippen LogP contribution >= 0.6 is 12.4 Å². The Morgan fingerprint density at radius 2 is 2.00 bits per heavy atom. The van der Waals surface area contributed by atoms with Gasteiger partial charge in [-0.15, -0.1) is 12.4 Å². The zero-order valence-electron chi connectivity index (χ0n) is 13.2. The largest absolute Gasteiger partial charge is 0.340 e. The van der Waals surface area contributed by atoms with E-state index in [1.807, 2.05) is 18.2 Å². The van der Waals surface area contributed by atoms with Crippen LogP contribution in [0.2, 0.25) is 0 Å². The maximum Gasteiger partial charge on any atom is 0.262 e. The molecule has 1 aromatic carbocycles. The molecular weight excluding hydrogens is 322 g/mol. The molecule has 1 N–H and O–H groups in total. The Balaban J connectivity index is 0.00000192. The predicted molar refractivity (Wildman–Crippen MR) is 88.2 cm³/mol. The third kappa shape index (κ3) is 3.83. The van der Waals surface area contributed by atoms with Gasteiger partial charge in [0.25, 0.3) is 5.92 Å². The zero-order valence-corrected chi connectivity index (χ0v) is 14.0. The second-order valence-corrected chi connectivity index (χ2v) is 6.78. The smallest absolute Gasteiger partial charge is 0.262 e. The summed E-state index contributed by atoms with van der Waals surface area (Å²) in [6.07, 6.45) is 1.53. The number of rotatable bonds is 2. The highest BCUT2D eigenvalue weighted by Gasteiger charge is 2.45. The normalized spacial score (nSPS) is 29.9. The molecule has 2 fully saturated rings. The summed E-state index contributed by atoms with van der Waals surface area (Å²) >= 11 is 0. The van der Waals surface area contributed by atoms with Gasteiger partial charge in [0.05, 0.1) is 12.6 Å². The molecule has 2 saturated heterocycles. The van der Waals surface area contributed by atoms with Gasteiger partial charge in [0.2, 0.25) is 5.91 Å². The molecule has 2 aliphatic heterocycles. The molecule has 128 valence electrons. The number of nitrogens with zero attached hydrogens (tertiary/aromatic N) is 1. The van der Waals surface area contributed by atoms with Crippen molar-refractivity contribution in [1.29, 1.82) is 0 Å². The number of nitrogens with one attached hydrogen (secondary N) is 1. The van der Waals surface area contributed by atoms with Crippen LogP contribution < -0.4 is 5.32 Å². The summed E-state index contributed by atoms with van der Waals surface area (Å²) in [6.45, 7) is 3.01. The van der Waals surface area contributed by atoms with Crippen molar-refractivity contribution < 1.29 is 13.6 Å². The highest BCUT2D eigenvalue weighted by Crippen LogP contribution is 2.34. The third-order valence-corrected chi connectivity index (χ3v) is 4.89. The molecule has 0 aliphatic carbocycles. The van der Waals surface area contributed by atoms with Crippen LogP contribution in [0.1, 0.15) is 31.7 Å². The van der Waals surface area contributed by atoms with Crippen molar-refractivity contribution in [3.8, 4) is 0 Å². The lowest BCUT2D eigenvalue weighted by Gasteiger charge is -2.41. The molecule has 0 radical (unpaired) electrons. The summed E-state index contributed by atoms with van der Waals surface area (Å²) in [5, 5.41) is 2.67. The minimum atomic E-state index is -2.77. The second kappa shape index (κ2) is 6.73. The van der Waals surface area contributed by atoms with E-state index in [9.17, 15) is 13.6 Å². The summed E-state index contributed by atoms with van der Waals surface area (Å²) in [7, 11) is 0. The molecule has 2 unspecified atom stereocenters. The maximum atomic E-state index is 13.3. The predicted octanol–water partition coefficient (Wildman–Crippen LogP) is 2.99. The van der Waals surface area contributed by atoms with E-state index in [4.69, 9.17) is 0 Å². The van der Waals surface area contributed by atoms with Gasteiger partial charge in [0, 0.05) is 24.9 Å². The molecule has 0 saturated carbocycles. The minimum absolute atomic E-state index is 0. The van der Waals surface area contributed by atoms with Gasteiger partial charge in [-0.3, -0.25) is 10.1 Å². The lowest BCUT2D eigenvalue weighted by atomic mass is 9.76. The summed E-state index contributed by atoms with van der Waals surface area (Å²) in [5.41, 5.74) is 1.10. The Labute approximate surface area is 141 Å². The van der Waals surface area contributed by atoms with Crippen molar-refractivity contribution in [2.75, 3.05) is 19.6 Å². The van der Waals surface area contributed by atoms with E-state index in [0.717, 1.165) is 12.8 Å². The van der Waals surface area contributed by atoms with Gasteiger partial charge < -0.3 is 4.90 Å². The topological polar surface area (TPSA) is 32.3 Å². The van der Waals surface area contributed by atoms with Gasteiger partial charge in [-0.2, -0.15) is 0 Å². The van der Waals surface area contributed by atoms with E-state index in [-0.39, 0.29) is 30.2 Å². The molecule has 1 aromatic rings. The first-order valence-corrected chi connectivity index (χ1v) is 7.85. The fourth-order valence-electron chi connectivity index (χ4n) is 3.61. The van der Waals surface area contributed by atoms with Crippen molar-refractivity contribution in [1.82, 2.24) is 10.2 Å². The van der Waals surface area contributed by atoms with Crippen molar-refractivity contribution in [2.45, 2.75) is 43.6 Å². The minimum Gasteiger partial charge on any atom is -0.340 e. The number of likely N-dealkylation sites (tertiary alicyclic amines) is 1. The first-order chi connectivity index (χ1) is 10.4. The summed E-state index contributed by atoms with van der Waals surface area (Å²) in [4.78, 5) is 14.3. The summed E-state index contributed by atoms with van der Waals surface area (Å²) in [5.74, 6) is -2.95. The average Bonchev–Trinajstić information content (AvgIpc) is 2.88. The van der Waals surface area contributed by atoms with Gasteiger partial charge >= 0.3 is 0 Å². The molecule has 2 aliphatic rings. The average molecular weight is 345 g/mol. The molecule has 3 nitrogen and oxygen atoms in total. The quantitative estimate of drug-likeness (QED) is 0.894. The number of piperidine rings is 1. The molecule has 2 atom stereocenters. The van der Waals surface area contributed by atoms with E-state index >= 15 is 0 Å². The van der Waals surface area contributed by atoms with Gasteiger partial charge in [-0.25, -0.2) is 8.78 Å². The molecule has 3 rings (SSSR count). The van der Waals surface area contributed by atoms with Crippen LogP contribution in [-0.4, -0.2) is 42.4 Å². The number of hydrogen-bond donors (Lipinski definition) is 1. The van der Waals surface area contributed by atoms with Crippen molar-refractivity contribution in [2.24, 2.45) is 0 Å². The number of hydrogen-bond acceptors (Lipinski definition) is 2. The SMILES string of the molecule is CC1(c2ccccc2)CCCN(C(=O)C2CC(F)(F)CN2)C1.Cl. The Bertz CT molecular complexity index is 555. The lowest BCUT2D eigenvalue weighted by molar-refractivity contribution is -0.135. The Hall–Kier alpha value is -1.20. The van der Waals surface area contributed by atoms with E-state index in [1.54, 1.807) is 4.90 Å². The first-order valence-electron chi connectivity index (χ1n) is 7.85.